The lowest BCUT2D eigenvalue weighted by atomic mass is 10.3. The Balaban J connectivity index is 1.89. The first-order chi connectivity index (χ1) is 9.58. The van der Waals surface area contributed by atoms with Gasteiger partial charge in [0.1, 0.15) is 0 Å². The standard InChI is InChI=1S/C13H21N5O2/c1-16(2)12(19)10-17-4-3-5-18(7-6-17)13(20)11-8-14-15-9-11/h8-9H,3-7,10H2,1-2H3,(H,14,15). The van der Waals surface area contributed by atoms with Crippen molar-refractivity contribution in [2.75, 3.05) is 46.8 Å². The minimum Gasteiger partial charge on any atom is -0.348 e. The van der Waals surface area contributed by atoms with Gasteiger partial charge in [-0.2, -0.15) is 5.10 Å². The van der Waals surface area contributed by atoms with Gasteiger partial charge in [0.2, 0.25) is 5.91 Å². The molecule has 20 heavy (non-hydrogen) atoms. The van der Waals surface area contributed by atoms with Crippen molar-refractivity contribution in [3.63, 3.8) is 0 Å². The third-order valence-corrected chi connectivity index (χ3v) is 3.48. The first kappa shape index (κ1) is 14.5. The molecule has 110 valence electrons. The first-order valence-corrected chi connectivity index (χ1v) is 6.78. The number of hydrogen-bond donors (Lipinski definition) is 1. The van der Waals surface area contributed by atoms with Crippen LogP contribution < -0.4 is 0 Å². The van der Waals surface area contributed by atoms with E-state index in [1.165, 1.54) is 0 Å². The van der Waals surface area contributed by atoms with Crippen LogP contribution in [0.15, 0.2) is 12.4 Å². The molecule has 2 heterocycles. The number of carbonyl (C=O) groups is 2. The second-order valence-corrected chi connectivity index (χ2v) is 5.20. The van der Waals surface area contributed by atoms with E-state index in [4.69, 9.17) is 0 Å². The SMILES string of the molecule is CN(C)C(=O)CN1CCCN(C(=O)c2cn[nH]c2)CC1. The third-order valence-electron chi connectivity index (χ3n) is 3.48. The van der Waals surface area contributed by atoms with E-state index in [0.717, 1.165) is 26.1 Å². The van der Waals surface area contributed by atoms with Crippen molar-refractivity contribution < 1.29 is 9.59 Å². The molecule has 0 aliphatic carbocycles. The number of nitrogens with zero attached hydrogens (tertiary/aromatic N) is 4. The van der Waals surface area contributed by atoms with Gasteiger partial charge in [-0.3, -0.25) is 19.6 Å². The van der Waals surface area contributed by atoms with Gasteiger partial charge in [0.05, 0.1) is 18.3 Å². The average Bonchev–Trinajstić information content (AvgIpc) is 2.85. The van der Waals surface area contributed by atoms with Crippen LogP contribution in [-0.4, -0.2) is 83.5 Å². The molecule has 1 fully saturated rings. The minimum atomic E-state index is -0.000430. The fourth-order valence-electron chi connectivity index (χ4n) is 2.22. The van der Waals surface area contributed by atoms with Gasteiger partial charge in [-0.25, -0.2) is 0 Å². The topological polar surface area (TPSA) is 72.5 Å². The molecule has 2 amide bonds. The summed E-state index contributed by atoms with van der Waals surface area (Å²) in [5.41, 5.74) is 0.586. The second-order valence-electron chi connectivity index (χ2n) is 5.20. The lowest BCUT2D eigenvalue weighted by Gasteiger charge is -2.22. The fraction of sp³-hybridized carbons (Fsp3) is 0.615. The van der Waals surface area contributed by atoms with Crippen LogP contribution >= 0.6 is 0 Å². The molecule has 1 aromatic heterocycles. The zero-order chi connectivity index (χ0) is 14.5. The van der Waals surface area contributed by atoms with Gasteiger partial charge in [0, 0.05) is 46.5 Å². The Labute approximate surface area is 118 Å². The summed E-state index contributed by atoms with van der Waals surface area (Å²) in [7, 11) is 3.52. The summed E-state index contributed by atoms with van der Waals surface area (Å²) in [5.74, 6) is 0.0964. The van der Waals surface area contributed by atoms with E-state index < -0.39 is 0 Å². The minimum absolute atomic E-state index is 0.000430. The lowest BCUT2D eigenvalue weighted by Crippen LogP contribution is -2.39. The molecule has 0 bridgehead atoms. The number of aromatic amines is 1. The highest BCUT2D eigenvalue weighted by Gasteiger charge is 2.22. The van der Waals surface area contributed by atoms with Crippen LogP contribution in [0.1, 0.15) is 16.8 Å². The van der Waals surface area contributed by atoms with E-state index in [1.807, 2.05) is 4.90 Å². The quantitative estimate of drug-likeness (QED) is 0.820. The van der Waals surface area contributed by atoms with Crippen LogP contribution in [-0.2, 0) is 4.79 Å². The summed E-state index contributed by atoms with van der Waals surface area (Å²) in [6.45, 7) is 3.35. The maximum absolute atomic E-state index is 12.2. The van der Waals surface area contributed by atoms with E-state index in [9.17, 15) is 9.59 Å². The van der Waals surface area contributed by atoms with E-state index >= 15 is 0 Å². The van der Waals surface area contributed by atoms with Crippen LogP contribution in [0.25, 0.3) is 0 Å². The van der Waals surface area contributed by atoms with Crippen molar-refractivity contribution in [2.24, 2.45) is 0 Å². The Morgan fingerprint density at radius 1 is 1.30 bits per heavy atom. The molecule has 7 heteroatoms. The number of H-pyrrole nitrogens is 1. The largest absolute Gasteiger partial charge is 0.348 e. The zero-order valence-electron chi connectivity index (χ0n) is 12.0. The summed E-state index contributed by atoms with van der Waals surface area (Å²) in [4.78, 5) is 29.5. The van der Waals surface area contributed by atoms with E-state index in [2.05, 4.69) is 15.1 Å². The predicted molar refractivity (Wildman–Crippen MR) is 74.2 cm³/mol. The van der Waals surface area contributed by atoms with Crippen LogP contribution in [0.2, 0.25) is 0 Å². The molecule has 0 atom stereocenters. The van der Waals surface area contributed by atoms with Crippen molar-refractivity contribution >= 4 is 11.8 Å². The maximum atomic E-state index is 12.2. The summed E-state index contributed by atoms with van der Waals surface area (Å²) in [6, 6.07) is 0. The Morgan fingerprint density at radius 2 is 2.10 bits per heavy atom. The number of aromatic nitrogens is 2. The van der Waals surface area contributed by atoms with Crippen molar-refractivity contribution in [1.29, 1.82) is 0 Å². The van der Waals surface area contributed by atoms with Gasteiger partial charge < -0.3 is 9.80 Å². The number of rotatable bonds is 3. The van der Waals surface area contributed by atoms with E-state index in [1.54, 1.807) is 31.4 Å². The molecular weight excluding hydrogens is 258 g/mol. The Hall–Kier alpha value is -1.89. The lowest BCUT2D eigenvalue weighted by molar-refractivity contribution is -0.129. The van der Waals surface area contributed by atoms with Gasteiger partial charge in [0.15, 0.2) is 0 Å². The molecular formula is C13H21N5O2. The monoisotopic (exact) mass is 279 g/mol. The molecule has 1 N–H and O–H groups in total. The maximum Gasteiger partial charge on any atom is 0.257 e. The molecule has 1 aliphatic rings. The van der Waals surface area contributed by atoms with Gasteiger partial charge in [-0.05, 0) is 6.42 Å². The van der Waals surface area contributed by atoms with Crippen LogP contribution in [0.5, 0.6) is 0 Å². The average molecular weight is 279 g/mol. The molecule has 1 saturated heterocycles. The predicted octanol–water partition coefficient (Wildman–Crippen LogP) is -0.354. The summed E-state index contributed by atoms with van der Waals surface area (Å²) in [5, 5.41) is 6.46. The molecule has 1 aromatic rings. The zero-order valence-corrected chi connectivity index (χ0v) is 12.0. The van der Waals surface area contributed by atoms with Crippen molar-refractivity contribution in [2.45, 2.75) is 6.42 Å². The second kappa shape index (κ2) is 6.51. The fourth-order valence-corrected chi connectivity index (χ4v) is 2.22. The van der Waals surface area contributed by atoms with Crippen LogP contribution in [0.3, 0.4) is 0 Å². The molecule has 0 radical (unpaired) electrons. The summed E-state index contributed by atoms with van der Waals surface area (Å²) in [6.07, 6.45) is 4.03. The highest BCUT2D eigenvalue weighted by atomic mass is 16.2. The number of likely N-dealkylation sites (N-methyl/N-ethyl adjacent to an activating group) is 1. The molecule has 0 aromatic carbocycles. The van der Waals surface area contributed by atoms with Crippen LogP contribution in [0.4, 0.5) is 0 Å². The van der Waals surface area contributed by atoms with Gasteiger partial charge in [-0.15, -0.1) is 0 Å². The Morgan fingerprint density at radius 3 is 2.75 bits per heavy atom. The third kappa shape index (κ3) is 3.57. The Bertz CT molecular complexity index is 457. The summed E-state index contributed by atoms with van der Waals surface area (Å²) >= 11 is 0. The van der Waals surface area contributed by atoms with Gasteiger partial charge in [0.25, 0.3) is 5.91 Å². The highest BCUT2D eigenvalue weighted by molar-refractivity contribution is 5.93. The van der Waals surface area contributed by atoms with E-state index in [-0.39, 0.29) is 11.8 Å². The first-order valence-electron chi connectivity index (χ1n) is 6.78. The van der Waals surface area contributed by atoms with Crippen molar-refractivity contribution in [1.82, 2.24) is 24.9 Å². The number of amides is 2. The summed E-state index contributed by atoms with van der Waals surface area (Å²) < 4.78 is 0. The van der Waals surface area contributed by atoms with Crippen LogP contribution in [0, 0.1) is 0 Å². The number of hydrogen-bond acceptors (Lipinski definition) is 4. The number of nitrogens with one attached hydrogen (secondary N) is 1. The molecule has 1 aliphatic heterocycles. The van der Waals surface area contributed by atoms with Gasteiger partial charge in [-0.1, -0.05) is 0 Å². The molecule has 0 spiro atoms. The smallest absolute Gasteiger partial charge is 0.257 e. The van der Waals surface area contributed by atoms with Crippen molar-refractivity contribution in [3.8, 4) is 0 Å². The number of carbonyl (C=O) groups excluding carboxylic acids is 2. The normalized spacial score (nSPS) is 16.8. The molecule has 0 saturated carbocycles. The molecule has 2 rings (SSSR count). The highest BCUT2D eigenvalue weighted by Crippen LogP contribution is 2.08. The molecule has 7 nitrogen and oxygen atoms in total. The van der Waals surface area contributed by atoms with Gasteiger partial charge >= 0.3 is 0 Å². The van der Waals surface area contributed by atoms with E-state index in [0.29, 0.717) is 18.7 Å². The molecule has 0 unspecified atom stereocenters. The van der Waals surface area contributed by atoms with Crippen molar-refractivity contribution in [3.05, 3.63) is 18.0 Å². The Kier molecular flexibility index (Phi) is 4.73.